The van der Waals surface area contributed by atoms with Gasteiger partial charge in [-0.1, -0.05) is 45.4 Å². The largest absolute Gasteiger partial charge is 0.457 e. The topological polar surface area (TPSA) is 109 Å². The minimum Gasteiger partial charge on any atom is -0.457 e. The summed E-state index contributed by atoms with van der Waals surface area (Å²) in [6.45, 7) is 7.25. The van der Waals surface area contributed by atoms with E-state index in [0.717, 1.165) is 35.7 Å². The van der Waals surface area contributed by atoms with Gasteiger partial charge in [0.05, 0.1) is 41.3 Å². The number of esters is 1. The van der Waals surface area contributed by atoms with E-state index in [-0.39, 0.29) is 29.8 Å². The Kier molecular flexibility index (Phi) is 8.80. The average Bonchev–Trinajstić information content (AvgIpc) is 3.55. The van der Waals surface area contributed by atoms with Gasteiger partial charge in [0.1, 0.15) is 11.9 Å². The number of rotatable bonds is 3. The van der Waals surface area contributed by atoms with Crippen LogP contribution in [0.5, 0.6) is 0 Å². The van der Waals surface area contributed by atoms with E-state index in [1.165, 1.54) is 0 Å². The minimum absolute atomic E-state index is 0.0887. The number of epoxide rings is 1. The molecule has 0 amide bonds. The van der Waals surface area contributed by atoms with Crippen molar-refractivity contribution in [3.05, 3.63) is 42.1 Å². The molecule has 0 radical (unpaired) electrons. The van der Waals surface area contributed by atoms with Crippen molar-refractivity contribution in [3.8, 4) is 12.3 Å². The van der Waals surface area contributed by atoms with Crippen LogP contribution in [-0.2, 0) is 19.1 Å². The highest BCUT2D eigenvalue weighted by atomic mass is 16.6. The highest BCUT2D eigenvalue weighted by molar-refractivity contribution is 5.88. The summed E-state index contributed by atoms with van der Waals surface area (Å²) in [5.41, 5.74) is -0.0161. The van der Waals surface area contributed by atoms with Gasteiger partial charge in [-0.15, -0.1) is 12.3 Å². The number of aliphatic hydroxyl groups is 2. The van der Waals surface area contributed by atoms with Crippen LogP contribution in [0, 0.1) is 29.6 Å². The predicted octanol–water partition coefficient (Wildman–Crippen LogP) is 4.92. The van der Waals surface area contributed by atoms with Crippen LogP contribution in [0.2, 0.25) is 0 Å². The molecular weight excluding hydrogens is 494 g/mol. The summed E-state index contributed by atoms with van der Waals surface area (Å²) in [5, 5.41) is 23.3. The van der Waals surface area contributed by atoms with Crippen molar-refractivity contribution in [1.29, 1.82) is 0 Å². The lowest BCUT2D eigenvalue weighted by atomic mass is 9.71. The van der Waals surface area contributed by atoms with Gasteiger partial charge < -0.3 is 19.7 Å². The van der Waals surface area contributed by atoms with Crippen LogP contribution in [0.1, 0.15) is 84.3 Å². The van der Waals surface area contributed by atoms with Gasteiger partial charge in [-0.05, 0) is 49.8 Å². The van der Waals surface area contributed by atoms with Gasteiger partial charge in [-0.3, -0.25) is 14.6 Å². The van der Waals surface area contributed by atoms with Gasteiger partial charge in [0.25, 0.3) is 0 Å². The lowest BCUT2D eigenvalue weighted by Gasteiger charge is -2.36. The number of ketones is 1. The first-order valence-electron chi connectivity index (χ1n) is 14.0. The Labute approximate surface area is 231 Å². The molecule has 3 heterocycles. The molecule has 7 heteroatoms. The highest BCUT2D eigenvalue weighted by Crippen LogP contribution is 2.47. The number of hydrogen-bond donors (Lipinski definition) is 2. The number of ether oxygens (including phenoxy) is 2. The van der Waals surface area contributed by atoms with E-state index < -0.39 is 35.6 Å². The predicted molar refractivity (Wildman–Crippen MR) is 148 cm³/mol. The Hall–Kier alpha value is -2.79. The quantitative estimate of drug-likeness (QED) is 0.326. The fraction of sp³-hybridized carbons (Fsp3) is 0.594. The van der Waals surface area contributed by atoms with Crippen molar-refractivity contribution >= 4 is 22.7 Å². The molecule has 2 aromatic rings. The van der Waals surface area contributed by atoms with E-state index in [4.69, 9.17) is 15.9 Å². The Balaban J connectivity index is 1.63. The number of aromatic nitrogens is 1. The molecule has 0 bridgehead atoms. The Morgan fingerprint density at radius 3 is 2.69 bits per heavy atom. The molecule has 0 spiro atoms. The van der Waals surface area contributed by atoms with E-state index in [1.807, 2.05) is 37.3 Å². The van der Waals surface area contributed by atoms with Crippen molar-refractivity contribution in [1.82, 2.24) is 4.98 Å². The second kappa shape index (κ2) is 11.8. The molecule has 1 aromatic carbocycles. The van der Waals surface area contributed by atoms with Crippen molar-refractivity contribution in [2.75, 3.05) is 0 Å². The van der Waals surface area contributed by atoms with Crippen LogP contribution in [0.15, 0.2) is 36.5 Å². The first-order valence-corrected chi connectivity index (χ1v) is 14.0. The zero-order valence-corrected chi connectivity index (χ0v) is 23.4. The fourth-order valence-corrected chi connectivity index (χ4v) is 5.84. The number of Topliss-reactive ketones (excluding diaryl/α,β-unsaturated/α-hetero) is 1. The van der Waals surface area contributed by atoms with Gasteiger partial charge in [-0.2, -0.15) is 0 Å². The van der Waals surface area contributed by atoms with Crippen LogP contribution in [-0.4, -0.2) is 50.9 Å². The fourth-order valence-electron chi connectivity index (χ4n) is 5.84. The van der Waals surface area contributed by atoms with E-state index in [0.29, 0.717) is 19.3 Å². The number of pyridine rings is 1. The molecule has 1 aromatic heterocycles. The first kappa shape index (κ1) is 29.2. The number of terminal acetylenes is 1. The highest BCUT2D eigenvalue weighted by Gasteiger charge is 2.53. The summed E-state index contributed by atoms with van der Waals surface area (Å²) in [6.07, 6.45) is 7.47. The number of nitrogens with zero attached hydrogens (tertiary/aromatic N) is 1. The van der Waals surface area contributed by atoms with Crippen LogP contribution in [0.25, 0.3) is 10.9 Å². The Morgan fingerprint density at radius 1 is 1.18 bits per heavy atom. The SMILES string of the molecule is C#CCCC1C(=O)C(C)(C)C(O)CC(=O)OC(c2ccc3cccnc3c2)CC2OC2(C)CCCC(C)C1O. The van der Waals surface area contributed by atoms with Crippen LogP contribution < -0.4 is 0 Å². The molecule has 210 valence electrons. The van der Waals surface area contributed by atoms with E-state index in [1.54, 1.807) is 20.0 Å². The molecule has 4 rings (SSSR count). The summed E-state index contributed by atoms with van der Waals surface area (Å²) in [7, 11) is 0. The molecular formula is C32H41NO6. The minimum atomic E-state index is -1.29. The summed E-state index contributed by atoms with van der Waals surface area (Å²) in [6, 6.07) is 9.66. The third kappa shape index (κ3) is 6.51. The van der Waals surface area contributed by atoms with Gasteiger partial charge in [0.2, 0.25) is 0 Å². The van der Waals surface area contributed by atoms with Crippen molar-refractivity contribution in [2.24, 2.45) is 17.3 Å². The molecule has 2 N–H and O–H groups in total. The van der Waals surface area contributed by atoms with E-state index in [9.17, 15) is 19.8 Å². The summed E-state index contributed by atoms with van der Waals surface area (Å²) in [4.78, 5) is 31.3. The zero-order chi connectivity index (χ0) is 28.4. The van der Waals surface area contributed by atoms with Crippen LogP contribution in [0.3, 0.4) is 0 Å². The van der Waals surface area contributed by atoms with Crippen LogP contribution >= 0.6 is 0 Å². The lowest BCUT2D eigenvalue weighted by Crippen LogP contribution is -2.46. The van der Waals surface area contributed by atoms with Crippen molar-refractivity contribution in [2.45, 2.75) is 103 Å². The average molecular weight is 536 g/mol. The van der Waals surface area contributed by atoms with Crippen molar-refractivity contribution < 1.29 is 29.3 Å². The molecule has 2 fully saturated rings. The van der Waals surface area contributed by atoms with E-state index >= 15 is 0 Å². The summed E-state index contributed by atoms with van der Waals surface area (Å²) < 4.78 is 12.1. The van der Waals surface area contributed by atoms with Gasteiger partial charge in [0.15, 0.2) is 0 Å². The third-order valence-electron chi connectivity index (χ3n) is 8.83. The summed E-state index contributed by atoms with van der Waals surface area (Å²) in [5.74, 6) is 0.801. The maximum absolute atomic E-state index is 13.7. The summed E-state index contributed by atoms with van der Waals surface area (Å²) >= 11 is 0. The molecule has 2 aliphatic rings. The maximum Gasteiger partial charge on any atom is 0.309 e. The Bertz CT molecular complexity index is 1230. The third-order valence-corrected chi connectivity index (χ3v) is 8.83. The van der Waals surface area contributed by atoms with Crippen LogP contribution in [0.4, 0.5) is 0 Å². The standard InChI is InChI=1S/C32H41NO6/c1-6-7-12-23-29(36)20(2)10-8-15-32(5)27(39-32)18-25(22-14-13-21-11-9-16-33-24(21)17-22)38-28(35)19-26(34)31(3,4)30(23)37/h1,9,11,13-14,16-17,20,23,25-27,29,34,36H,7-8,10,12,15,18-19H2,2-5H3. The molecule has 7 unspecified atom stereocenters. The molecule has 7 atom stereocenters. The molecule has 2 aliphatic heterocycles. The second-order valence-corrected chi connectivity index (χ2v) is 12.1. The first-order chi connectivity index (χ1) is 18.5. The number of aliphatic hydroxyl groups excluding tert-OH is 2. The second-order valence-electron chi connectivity index (χ2n) is 12.1. The van der Waals surface area contributed by atoms with Gasteiger partial charge in [0, 0.05) is 30.3 Å². The van der Waals surface area contributed by atoms with Gasteiger partial charge in [-0.25, -0.2) is 0 Å². The molecule has 0 saturated carbocycles. The normalized spacial score (nSPS) is 34.1. The number of hydrogen-bond acceptors (Lipinski definition) is 7. The number of carbonyl (C=O) groups excluding carboxylic acids is 2. The van der Waals surface area contributed by atoms with Gasteiger partial charge >= 0.3 is 5.97 Å². The molecule has 7 nitrogen and oxygen atoms in total. The molecule has 39 heavy (non-hydrogen) atoms. The Morgan fingerprint density at radius 2 is 1.95 bits per heavy atom. The number of fused-ring (bicyclic) bond motifs is 2. The molecule has 0 aliphatic carbocycles. The number of carbonyl (C=O) groups is 2. The number of cyclic esters (lactones) is 1. The van der Waals surface area contributed by atoms with E-state index in [2.05, 4.69) is 17.8 Å². The maximum atomic E-state index is 13.7. The monoisotopic (exact) mass is 535 g/mol. The zero-order valence-electron chi connectivity index (χ0n) is 23.4. The lowest BCUT2D eigenvalue weighted by molar-refractivity contribution is -0.156. The number of benzene rings is 1. The molecule has 2 saturated heterocycles. The van der Waals surface area contributed by atoms with Crippen molar-refractivity contribution in [3.63, 3.8) is 0 Å². The smallest absolute Gasteiger partial charge is 0.309 e.